The van der Waals surface area contributed by atoms with Gasteiger partial charge in [0.2, 0.25) is 0 Å². The summed E-state index contributed by atoms with van der Waals surface area (Å²) < 4.78 is 13.1. The predicted molar refractivity (Wildman–Crippen MR) is 118 cm³/mol. The van der Waals surface area contributed by atoms with E-state index < -0.39 is 0 Å². The van der Waals surface area contributed by atoms with E-state index in [0.29, 0.717) is 11.5 Å². The van der Waals surface area contributed by atoms with Crippen LogP contribution in [-0.2, 0) is 0 Å². The molecule has 0 saturated carbocycles. The van der Waals surface area contributed by atoms with Gasteiger partial charge in [0.1, 0.15) is 0 Å². The van der Waals surface area contributed by atoms with E-state index in [1.54, 1.807) is 25.6 Å². The van der Waals surface area contributed by atoms with Crippen LogP contribution in [0.25, 0.3) is 38.1 Å². The molecule has 0 N–H and O–H groups in total. The van der Waals surface area contributed by atoms with Crippen molar-refractivity contribution in [1.82, 2.24) is 14.8 Å². The summed E-state index contributed by atoms with van der Waals surface area (Å²) in [6, 6.07) is 18.3. The lowest BCUT2D eigenvalue weighted by atomic mass is 10.0. The van der Waals surface area contributed by atoms with Crippen molar-refractivity contribution in [2.24, 2.45) is 0 Å². The molecule has 0 radical (unpaired) electrons. The molecule has 6 heteroatoms. The Hall–Kier alpha value is -3.38. The molecule has 5 rings (SSSR count). The van der Waals surface area contributed by atoms with E-state index in [4.69, 9.17) is 19.6 Å². The van der Waals surface area contributed by atoms with Crippen molar-refractivity contribution < 1.29 is 9.47 Å². The van der Waals surface area contributed by atoms with E-state index in [-0.39, 0.29) is 0 Å². The van der Waals surface area contributed by atoms with Crippen LogP contribution in [-0.4, -0.2) is 29.0 Å². The quantitative estimate of drug-likeness (QED) is 0.392. The van der Waals surface area contributed by atoms with Crippen LogP contribution in [0.3, 0.4) is 0 Å². The van der Waals surface area contributed by atoms with Crippen molar-refractivity contribution in [3.63, 3.8) is 0 Å². The summed E-state index contributed by atoms with van der Waals surface area (Å²) in [5.41, 5.74) is 3.65. The van der Waals surface area contributed by atoms with E-state index >= 15 is 0 Å². The lowest BCUT2D eigenvalue weighted by Crippen LogP contribution is -1.99. The molecule has 0 spiro atoms. The Kier molecular flexibility index (Phi) is 4.21. The Bertz CT molecular complexity index is 1330. The zero-order valence-electron chi connectivity index (χ0n) is 16.3. The highest BCUT2D eigenvalue weighted by Gasteiger charge is 2.20. The Labute approximate surface area is 172 Å². The van der Waals surface area contributed by atoms with Gasteiger partial charge in [-0.2, -0.15) is 5.10 Å². The SMILES string of the molecule is COc1cc2c(-c3cccs3)nc3c(c(C)nn3-c3ccccc3)c2cc1OC. The molecular weight excluding hydrogens is 382 g/mol. The Morgan fingerprint density at radius 2 is 1.62 bits per heavy atom. The number of fused-ring (bicyclic) bond motifs is 3. The molecule has 0 unspecified atom stereocenters. The molecule has 0 saturated heterocycles. The van der Waals surface area contributed by atoms with Crippen LogP contribution in [0.15, 0.2) is 60.0 Å². The number of aromatic nitrogens is 3. The van der Waals surface area contributed by atoms with Gasteiger partial charge in [-0.15, -0.1) is 11.3 Å². The highest BCUT2D eigenvalue weighted by Crippen LogP contribution is 2.41. The van der Waals surface area contributed by atoms with Crippen LogP contribution in [0.5, 0.6) is 11.5 Å². The minimum atomic E-state index is 0.687. The van der Waals surface area contributed by atoms with E-state index in [1.807, 2.05) is 60.1 Å². The van der Waals surface area contributed by atoms with Crippen molar-refractivity contribution in [1.29, 1.82) is 0 Å². The first-order valence-electron chi connectivity index (χ1n) is 9.25. The third-order valence-electron chi connectivity index (χ3n) is 5.06. The normalized spacial score (nSPS) is 11.3. The minimum Gasteiger partial charge on any atom is -0.493 e. The van der Waals surface area contributed by atoms with Crippen LogP contribution in [0.4, 0.5) is 0 Å². The molecule has 0 aliphatic heterocycles. The molecule has 0 aliphatic carbocycles. The van der Waals surface area contributed by atoms with Crippen molar-refractivity contribution in [2.45, 2.75) is 6.92 Å². The number of benzene rings is 2. The molecule has 0 aliphatic rings. The fraction of sp³-hybridized carbons (Fsp3) is 0.130. The second-order valence-electron chi connectivity index (χ2n) is 6.72. The predicted octanol–water partition coefficient (Wildman–Crippen LogP) is 5.63. The molecule has 3 heterocycles. The first-order chi connectivity index (χ1) is 14.2. The number of hydrogen-bond acceptors (Lipinski definition) is 5. The molecule has 0 bridgehead atoms. The molecular formula is C23H19N3O2S. The molecule has 0 atom stereocenters. The summed E-state index contributed by atoms with van der Waals surface area (Å²) in [5.74, 6) is 1.38. The summed E-state index contributed by atoms with van der Waals surface area (Å²) in [6.07, 6.45) is 0. The van der Waals surface area contributed by atoms with Gasteiger partial charge in [0.25, 0.3) is 0 Å². The second kappa shape index (κ2) is 6.90. The van der Waals surface area contributed by atoms with E-state index in [2.05, 4.69) is 11.4 Å². The third kappa shape index (κ3) is 2.76. The van der Waals surface area contributed by atoms with Crippen molar-refractivity contribution >= 4 is 33.1 Å². The van der Waals surface area contributed by atoms with Gasteiger partial charge in [0.05, 0.1) is 41.6 Å². The smallest absolute Gasteiger partial charge is 0.164 e. The second-order valence-corrected chi connectivity index (χ2v) is 7.67. The van der Waals surface area contributed by atoms with Crippen LogP contribution in [0.2, 0.25) is 0 Å². The van der Waals surface area contributed by atoms with Gasteiger partial charge < -0.3 is 9.47 Å². The van der Waals surface area contributed by atoms with E-state index in [1.165, 1.54) is 0 Å². The molecule has 5 nitrogen and oxygen atoms in total. The number of pyridine rings is 1. The van der Waals surface area contributed by atoms with Gasteiger partial charge in [-0.3, -0.25) is 0 Å². The maximum absolute atomic E-state index is 5.59. The average molecular weight is 401 g/mol. The van der Waals surface area contributed by atoms with Gasteiger partial charge in [0.15, 0.2) is 17.1 Å². The monoisotopic (exact) mass is 401 g/mol. The highest BCUT2D eigenvalue weighted by atomic mass is 32.1. The first kappa shape index (κ1) is 17.7. The van der Waals surface area contributed by atoms with Gasteiger partial charge >= 0.3 is 0 Å². The lowest BCUT2D eigenvalue weighted by Gasteiger charge is -2.13. The fourth-order valence-corrected chi connectivity index (χ4v) is 4.46. The molecule has 144 valence electrons. The summed E-state index contributed by atoms with van der Waals surface area (Å²) in [4.78, 5) is 6.19. The van der Waals surface area contributed by atoms with Crippen LogP contribution >= 0.6 is 11.3 Å². The zero-order chi connectivity index (χ0) is 20.0. The summed E-state index contributed by atoms with van der Waals surface area (Å²) >= 11 is 1.67. The van der Waals surface area contributed by atoms with Crippen LogP contribution < -0.4 is 9.47 Å². The number of aryl methyl sites for hydroxylation is 1. The number of para-hydroxylation sites is 1. The first-order valence-corrected chi connectivity index (χ1v) is 10.1. The summed E-state index contributed by atoms with van der Waals surface area (Å²) in [6.45, 7) is 2.02. The molecule has 29 heavy (non-hydrogen) atoms. The average Bonchev–Trinajstić information content (AvgIpc) is 3.41. The Morgan fingerprint density at radius 1 is 0.897 bits per heavy atom. The number of ether oxygens (including phenoxy) is 2. The zero-order valence-corrected chi connectivity index (χ0v) is 17.2. The van der Waals surface area contributed by atoms with Crippen molar-refractivity contribution in [3.05, 3.63) is 65.7 Å². The van der Waals surface area contributed by atoms with Crippen molar-refractivity contribution in [3.8, 4) is 27.8 Å². The van der Waals surface area contributed by atoms with Crippen LogP contribution in [0, 0.1) is 6.92 Å². The number of nitrogens with zero attached hydrogens (tertiary/aromatic N) is 3. The van der Waals surface area contributed by atoms with Crippen molar-refractivity contribution in [2.75, 3.05) is 14.2 Å². The number of rotatable bonds is 4. The molecule has 5 aromatic rings. The van der Waals surface area contributed by atoms with E-state index in [0.717, 1.165) is 43.8 Å². The maximum atomic E-state index is 5.59. The fourth-order valence-electron chi connectivity index (χ4n) is 3.73. The number of thiophene rings is 1. The Balaban J connectivity index is 1.95. The molecule has 0 amide bonds. The standard InChI is InChI=1S/C23H19N3O2S/c1-14-21-16-12-18(27-2)19(28-3)13-17(16)22(20-10-7-11-29-20)24-23(21)26(25-14)15-8-5-4-6-9-15/h4-13H,1-3H3. The van der Waals surface area contributed by atoms with Gasteiger partial charge in [-0.05, 0) is 42.6 Å². The minimum absolute atomic E-state index is 0.687. The van der Waals surface area contributed by atoms with Gasteiger partial charge in [-0.25, -0.2) is 9.67 Å². The topological polar surface area (TPSA) is 49.2 Å². The van der Waals surface area contributed by atoms with Gasteiger partial charge in [-0.1, -0.05) is 24.3 Å². The lowest BCUT2D eigenvalue weighted by molar-refractivity contribution is 0.356. The summed E-state index contributed by atoms with van der Waals surface area (Å²) in [5, 5.41) is 9.97. The van der Waals surface area contributed by atoms with Gasteiger partial charge in [0, 0.05) is 10.8 Å². The van der Waals surface area contributed by atoms with Crippen LogP contribution in [0.1, 0.15) is 5.69 Å². The Morgan fingerprint density at radius 3 is 2.28 bits per heavy atom. The molecule has 0 fully saturated rings. The largest absolute Gasteiger partial charge is 0.493 e. The summed E-state index contributed by atoms with van der Waals surface area (Å²) in [7, 11) is 3.31. The highest BCUT2D eigenvalue weighted by molar-refractivity contribution is 7.13. The molecule has 2 aromatic carbocycles. The van der Waals surface area contributed by atoms with E-state index in [9.17, 15) is 0 Å². The molecule has 3 aromatic heterocycles. The number of hydrogen-bond donors (Lipinski definition) is 0. The third-order valence-corrected chi connectivity index (χ3v) is 5.93. The number of methoxy groups -OCH3 is 2. The maximum Gasteiger partial charge on any atom is 0.164 e.